The number of nitrogens with zero attached hydrogens (tertiary/aromatic N) is 1. The average molecular weight is 252 g/mol. The van der Waals surface area contributed by atoms with Crippen molar-refractivity contribution < 1.29 is 19.4 Å². The lowest BCUT2D eigenvalue weighted by Crippen LogP contribution is -2.32. The van der Waals surface area contributed by atoms with E-state index in [-0.39, 0.29) is 31.4 Å². The molecule has 2 N–H and O–H groups in total. The van der Waals surface area contributed by atoms with Crippen molar-refractivity contribution in [3.63, 3.8) is 0 Å². The van der Waals surface area contributed by atoms with Crippen LogP contribution in [-0.4, -0.2) is 35.7 Å². The van der Waals surface area contributed by atoms with Gasteiger partial charge in [-0.25, -0.2) is 0 Å². The first-order chi connectivity index (χ1) is 8.63. The Balaban J connectivity index is 2.58. The van der Waals surface area contributed by atoms with Crippen molar-refractivity contribution in [2.24, 2.45) is 0 Å². The summed E-state index contributed by atoms with van der Waals surface area (Å²) in [6.45, 7) is 0.288. The molecule has 0 aliphatic carbocycles. The number of carbonyl (C=O) groups excluding carboxylic acids is 1. The summed E-state index contributed by atoms with van der Waals surface area (Å²) in [5.74, 6) is -1.32. The monoisotopic (exact) mass is 252 g/mol. The molecule has 6 heteroatoms. The van der Waals surface area contributed by atoms with Crippen molar-refractivity contribution >= 4 is 11.9 Å². The Morgan fingerprint density at radius 1 is 1.44 bits per heavy atom. The summed E-state index contributed by atoms with van der Waals surface area (Å²) in [5.41, 5.74) is 0.683. The number of carbonyl (C=O) groups is 2. The summed E-state index contributed by atoms with van der Waals surface area (Å²) in [7, 11) is 1.53. The van der Waals surface area contributed by atoms with E-state index in [2.05, 4.69) is 10.3 Å². The fourth-order valence-electron chi connectivity index (χ4n) is 1.44. The van der Waals surface area contributed by atoms with Gasteiger partial charge in [-0.2, -0.15) is 0 Å². The van der Waals surface area contributed by atoms with Gasteiger partial charge in [0, 0.05) is 19.7 Å². The second kappa shape index (κ2) is 7.39. The van der Waals surface area contributed by atoms with Gasteiger partial charge in [-0.05, 0) is 12.1 Å². The van der Waals surface area contributed by atoms with Crippen LogP contribution in [0.5, 0.6) is 0 Å². The zero-order valence-electron chi connectivity index (χ0n) is 10.1. The minimum atomic E-state index is -0.994. The molecule has 0 spiro atoms. The van der Waals surface area contributed by atoms with Gasteiger partial charge in [0.25, 0.3) is 0 Å². The van der Waals surface area contributed by atoms with Crippen LogP contribution in [0.15, 0.2) is 24.4 Å². The van der Waals surface area contributed by atoms with E-state index in [1.807, 2.05) is 6.07 Å². The molecule has 0 aliphatic rings. The van der Waals surface area contributed by atoms with Crippen molar-refractivity contribution in [3.8, 4) is 0 Å². The fourth-order valence-corrected chi connectivity index (χ4v) is 1.44. The topological polar surface area (TPSA) is 88.5 Å². The van der Waals surface area contributed by atoms with E-state index < -0.39 is 5.97 Å². The fraction of sp³-hybridized carbons (Fsp3) is 0.417. The van der Waals surface area contributed by atoms with Crippen molar-refractivity contribution in [2.75, 3.05) is 13.7 Å². The Morgan fingerprint density at radius 3 is 2.78 bits per heavy atom. The van der Waals surface area contributed by atoms with Crippen LogP contribution < -0.4 is 5.32 Å². The smallest absolute Gasteiger partial charge is 0.303 e. The third-order valence-electron chi connectivity index (χ3n) is 2.28. The summed E-state index contributed by atoms with van der Waals surface area (Å²) in [4.78, 5) is 26.1. The molecule has 1 aromatic rings. The Kier molecular flexibility index (Phi) is 5.79. The van der Waals surface area contributed by atoms with E-state index in [1.54, 1.807) is 18.3 Å². The molecule has 0 fully saturated rings. The summed E-state index contributed by atoms with van der Waals surface area (Å²) in [6, 6.07) is 5.01. The molecule has 1 aromatic heterocycles. The second-order valence-corrected chi connectivity index (χ2v) is 3.72. The lowest BCUT2D eigenvalue weighted by atomic mass is 10.2. The molecule has 98 valence electrons. The molecule has 0 aliphatic heterocycles. The molecule has 0 unspecified atom stereocenters. The highest BCUT2D eigenvalue weighted by molar-refractivity contribution is 5.80. The minimum absolute atomic E-state index is 0.0532. The standard InChI is InChI=1S/C12H16N2O4/c1-18-8-10(9-4-2-3-7-13-9)14-11(15)5-6-12(16)17/h2-4,7,10H,5-6,8H2,1H3,(H,14,15)(H,16,17)/t10-/m1/s1. The highest BCUT2D eigenvalue weighted by atomic mass is 16.5. The quantitative estimate of drug-likeness (QED) is 0.747. The van der Waals surface area contributed by atoms with Crippen molar-refractivity contribution in [1.82, 2.24) is 10.3 Å². The number of carboxylic acids is 1. The number of aromatic nitrogens is 1. The van der Waals surface area contributed by atoms with Gasteiger partial charge >= 0.3 is 5.97 Å². The molecular weight excluding hydrogens is 236 g/mol. The minimum Gasteiger partial charge on any atom is -0.481 e. The predicted molar refractivity (Wildman–Crippen MR) is 63.9 cm³/mol. The van der Waals surface area contributed by atoms with E-state index >= 15 is 0 Å². The maximum atomic E-state index is 11.5. The van der Waals surface area contributed by atoms with Crippen molar-refractivity contribution in [2.45, 2.75) is 18.9 Å². The van der Waals surface area contributed by atoms with Gasteiger partial charge in [-0.3, -0.25) is 14.6 Å². The average Bonchev–Trinajstić information content (AvgIpc) is 2.37. The number of hydrogen-bond donors (Lipinski definition) is 2. The Hall–Kier alpha value is -1.95. The zero-order valence-corrected chi connectivity index (χ0v) is 10.1. The number of ether oxygens (including phenoxy) is 1. The van der Waals surface area contributed by atoms with Crippen LogP contribution in [0, 0.1) is 0 Å². The molecule has 1 heterocycles. The van der Waals surface area contributed by atoms with Crippen LogP contribution in [0.2, 0.25) is 0 Å². The third kappa shape index (κ3) is 4.92. The lowest BCUT2D eigenvalue weighted by Gasteiger charge is -2.17. The number of rotatable bonds is 7. The first-order valence-electron chi connectivity index (χ1n) is 5.54. The lowest BCUT2D eigenvalue weighted by molar-refractivity contribution is -0.139. The number of pyridine rings is 1. The Morgan fingerprint density at radius 2 is 2.22 bits per heavy atom. The van der Waals surface area contributed by atoms with E-state index in [0.29, 0.717) is 5.69 Å². The molecular formula is C12H16N2O4. The molecule has 18 heavy (non-hydrogen) atoms. The van der Waals surface area contributed by atoms with Crippen LogP contribution >= 0.6 is 0 Å². The van der Waals surface area contributed by atoms with E-state index in [1.165, 1.54) is 7.11 Å². The second-order valence-electron chi connectivity index (χ2n) is 3.72. The molecule has 0 radical (unpaired) electrons. The highest BCUT2D eigenvalue weighted by Gasteiger charge is 2.15. The molecule has 1 rings (SSSR count). The summed E-state index contributed by atoms with van der Waals surface area (Å²) in [6.07, 6.45) is 1.39. The Labute approximate surface area is 105 Å². The molecule has 1 atom stereocenters. The normalized spacial score (nSPS) is 11.8. The van der Waals surface area contributed by atoms with E-state index in [9.17, 15) is 9.59 Å². The maximum absolute atomic E-state index is 11.5. The summed E-state index contributed by atoms with van der Waals surface area (Å²) >= 11 is 0. The third-order valence-corrected chi connectivity index (χ3v) is 2.28. The van der Waals surface area contributed by atoms with Crippen molar-refractivity contribution in [1.29, 1.82) is 0 Å². The van der Waals surface area contributed by atoms with Crippen LogP contribution in [-0.2, 0) is 14.3 Å². The van der Waals surface area contributed by atoms with Crippen LogP contribution in [0.4, 0.5) is 0 Å². The van der Waals surface area contributed by atoms with Gasteiger partial charge < -0.3 is 15.2 Å². The van der Waals surface area contributed by atoms with Gasteiger partial charge in [0.2, 0.25) is 5.91 Å². The zero-order chi connectivity index (χ0) is 13.4. The predicted octanol–water partition coefficient (Wildman–Crippen LogP) is 0.750. The molecule has 6 nitrogen and oxygen atoms in total. The SMILES string of the molecule is COC[C@@H](NC(=O)CCC(=O)O)c1ccccn1. The Bertz CT molecular complexity index is 394. The first-order valence-corrected chi connectivity index (χ1v) is 5.54. The van der Waals surface area contributed by atoms with E-state index in [0.717, 1.165) is 0 Å². The first kappa shape index (κ1) is 14.1. The number of hydrogen-bond acceptors (Lipinski definition) is 4. The summed E-state index contributed by atoms with van der Waals surface area (Å²) < 4.78 is 5.01. The van der Waals surface area contributed by atoms with Gasteiger partial charge in [0.1, 0.15) is 0 Å². The van der Waals surface area contributed by atoms with Gasteiger partial charge in [-0.1, -0.05) is 6.07 Å². The van der Waals surface area contributed by atoms with Crippen molar-refractivity contribution in [3.05, 3.63) is 30.1 Å². The molecule has 0 saturated heterocycles. The van der Waals surface area contributed by atoms with Crippen LogP contribution in [0.25, 0.3) is 0 Å². The van der Waals surface area contributed by atoms with Gasteiger partial charge in [-0.15, -0.1) is 0 Å². The molecule has 0 bridgehead atoms. The van der Waals surface area contributed by atoms with Crippen LogP contribution in [0.1, 0.15) is 24.6 Å². The van der Waals surface area contributed by atoms with E-state index in [4.69, 9.17) is 9.84 Å². The number of nitrogens with one attached hydrogen (secondary N) is 1. The molecule has 0 aromatic carbocycles. The number of amides is 1. The molecule has 1 amide bonds. The number of aliphatic carboxylic acids is 1. The van der Waals surface area contributed by atoms with Gasteiger partial charge in [0.15, 0.2) is 0 Å². The largest absolute Gasteiger partial charge is 0.481 e. The maximum Gasteiger partial charge on any atom is 0.303 e. The number of methoxy groups -OCH3 is 1. The van der Waals surface area contributed by atoms with Crippen LogP contribution in [0.3, 0.4) is 0 Å². The molecule has 0 saturated carbocycles. The highest BCUT2D eigenvalue weighted by Crippen LogP contribution is 2.10. The number of carboxylic acid groups (broad SMARTS) is 1. The summed E-state index contributed by atoms with van der Waals surface area (Å²) in [5, 5.41) is 11.2. The van der Waals surface area contributed by atoms with Gasteiger partial charge in [0.05, 0.1) is 24.8 Å².